The number of alkyl carbamates (subject to hydrolysis) is 1. The number of ether oxygens (including phenoxy) is 2. The number of aryl methyl sites for hydroxylation is 1. The van der Waals surface area contributed by atoms with Crippen LogP contribution in [-0.2, 0) is 28.7 Å². The smallest absolute Gasteiger partial charge is 0.408 e. The standard InChI is InChI=1S/C29H46N4O7/c1-9-19(4)33(27(37)22(14-15-23(30)34)32-28(38)40-29(6,7)8)25(21-13-11-12-18(3)20(21)5)26(36)31-17-16-24(35)39-10-2/h11-13,19,22,25H,9-10,14-17H2,1-8H3,(H2,30,34)(H,31,36)(H,32,38). The Hall–Kier alpha value is -3.63. The van der Waals surface area contributed by atoms with E-state index in [1.165, 1.54) is 4.90 Å². The van der Waals surface area contributed by atoms with Crippen LogP contribution in [0.25, 0.3) is 0 Å². The zero-order valence-corrected chi connectivity index (χ0v) is 25.1. The summed E-state index contributed by atoms with van der Waals surface area (Å²) in [6, 6.07) is 2.78. The number of esters is 1. The van der Waals surface area contributed by atoms with E-state index in [9.17, 15) is 24.0 Å². The van der Waals surface area contributed by atoms with Crippen LogP contribution in [0.4, 0.5) is 4.79 Å². The molecule has 0 saturated heterocycles. The fourth-order valence-corrected chi connectivity index (χ4v) is 4.07. The van der Waals surface area contributed by atoms with Gasteiger partial charge in [0.25, 0.3) is 0 Å². The molecule has 11 nitrogen and oxygen atoms in total. The summed E-state index contributed by atoms with van der Waals surface area (Å²) in [7, 11) is 0. The highest BCUT2D eigenvalue weighted by Crippen LogP contribution is 2.30. The van der Waals surface area contributed by atoms with Gasteiger partial charge in [-0.25, -0.2) is 4.79 Å². The van der Waals surface area contributed by atoms with Crippen molar-refractivity contribution in [2.24, 2.45) is 5.73 Å². The van der Waals surface area contributed by atoms with Crippen molar-refractivity contribution in [1.29, 1.82) is 0 Å². The van der Waals surface area contributed by atoms with Crippen molar-refractivity contribution >= 4 is 29.8 Å². The first-order valence-electron chi connectivity index (χ1n) is 13.7. The van der Waals surface area contributed by atoms with Crippen LogP contribution in [0.3, 0.4) is 0 Å². The Kier molecular flexibility index (Phi) is 13.6. The molecule has 3 atom stereocenters. The quantitative estimate of drug-likeness (QED) is 0.294. The monoisotopic (exact) mass is 562 g/mol. The van der Waals surface area contributed by atoms with Crippen LogP contribution in [0, 0.1) is 13.8 Å². The van der Waals surface area contributed by atoms with Crippen LogP contribution in [0.15, 0.2) is 18.2 Å². The Bertz CT molecular complexity index is 1050. The molecule has 224 valence electrons. The average Bonchev–Trinajstić information content (AvgIpc) is 2.85. The van der Waals surface area contributed by atoms with Gasteiger partial charge < -0.3 is 30.7 Å². The molecule has 4 amide bonds. The number of nitrogens with two attached hydrogens (primary N) is 1. The largest absolute Gasteiger partial charge is 0.466 e. The first-order valence-corrected chi connectivity index (χ1v) is 13.7. The van der Waals surface area contributed by atoms with E-state index in [0.717, 1.165) is 11.1 Å². The topological polar surface area (TPSA) is 157 Å². The Labute approximate surface area is 237 Å². The Balaban J connectivity index is 3.56. The molecule has 1 aromatic rings. The lowest BCUT2D eigenvalue weighted by atomic mass is 9.93. The van der Waals surface area contributed by atoms with Gasteiger partial charge in [0.2, 0.25) is 17.7 Å². The molecule has 0 aliphatic rings. The number of nitrogens with zero attached hydrogens (tertiary/aromatic N) is 1. The minimum absolute atomic E-state index is 0.0167. The maximum atomic E-state index is 14.2. The van der Waals surface area contributed by atoms with Gasteiger partial charge in [-0.1, -0.05) is 25.1 Å². The van der Waals surface area contributed by atoms with E-state index >= 15 is 0 Å². The van der Waals surface area contributed by atoms with E-state index < -0.39 is 53.5 Å². The van der Waals surface area contributed by atoms with Gasteiger partial charge in [-0.15, -0.1) is 0 Å². The molecule has 0 radical (unpaired) electrons. The lowest BCUT2D eigenvalue weighted by molar-refractivity contribution is -0.146. The van der Waals surface area contributed by atoms with Gasteiger partial charge in [-0.3, -0.25) is 19.2 Å². The number of carbonyl (C=O) groups is 5. The van der Waals surface area contributed by atoms with Crippen molar-refractivity contribution in [1.82, 2.24) is 15.5 Å². The Morgan fingerprint density at radius 2 is 1.70 bits per heavy atom. The second-order valence-corrected chi connectivity index (χ2v) is 10.7. The predicted molar refractivity (Wildman–Crippen MR) is 151 cm³/mol. The molecule has 0 aliphatic carbocycles. The highest BCUT2D eigenvalue weighted by Gasteiger charge is 2.39. The van der Waals surface area contributed by atoms with Crippen LogP contribution in [0.1, 0.15) is 90.0 Å². The Morgan fingerprint density at radius 3 is 2.25 bits per heavy atom. The normalized spacial score (nSPS) is 13.4. The summed E-state index contributed by atoms with van der Waals surface area (Å²) in [4.78, 5) is 65.5. The summed E-state index contributed by atoms with van der Waals surface area (Å²) in [5.74, 6) is -2.14. The molecule has 4 N–H and O–H groups in total. The maximum absolute atomic E-state index is 14.2. The fraction of sp³-hybridized carbons (Fsp3) is 0.621. The summed E-state index contributed by atoms with van der Waals surface area (Å²) in [5.41, 5.74) is 6.89. The summed E-state index contributed by atoms with van der Waals surface area (Å²) in [5, 5.41) is 5.35. The van der Waals surface area contributed by atoms with Crippen molar-refractivity contribution in [3.8, 4) is 0 Å². The van der Waals surface area contributed by atoms with Crippen molar-refractivity contribution < 1.29 is 33.4 Å². The summed E-state index contributed by atoms with van der Waals surface area (Å²) < 4.78 is 10.3. The number of hydrogen-bond donors (Lipinski definition) is 3. The number of benzene rings is 1. The number of nitrogens with one attached hydrogen (secondary N) is 2. The third-order valence-corrected chi connectivity index (χ3v) is 6.39. The minimum Gasteiger partial charge on any atom is -0.466 e. The van der Waals surface area contributed by atoms with E-state index in [1.807, 2.05) is 26.8 Å². The van der Waals surface area contributed by atoms with Crippen LogP contribution in [0.5, 0.6) is 0 Å². The molecule has 0 spiro atoms. The molecular formula is C29H46N4O7. The van der Waals surface area contributed by atoms with Crippen molar-refractivity contribution in [2.75, 3.05) is 13.2 Å². The van der Waals surface area contributed by atoms with Gasteiger partial charge in [0, 0.05) is 19.0 Å². The molecule has 11 heteroatoms. The summed E-state index contributed by atoms with van der Waals surface area (Å²) >= 11 is 0. The van der Waals surface area contributed by atoms with Gasteiger partial charge in [-0.2, -0.15) is 0 Å². The van der Waals surface area contributed by atoms with E-state index in [4.69, 9.17) is 15.2 Å². The van der Waals surface area contributed by atoms with Crippen LogP contribution < -0.4 is 16.4 Å². The first-order chi connectivity index (χ1) is 18.6. The van der Waals surface area contributed by atoms with Crippen LogP contribution in [0.2, 0.25) is 0 Å². The van der Waals surface area contributed by atoms with Crippen molar-refractivity contribution in [3.63, 3.8) is 0 Å². The third kappa shape index (κ3) is 10.9. The van der Waals surface area contributed by atoms with E-state index in [1.54, 1.807) is 46.8 Å². The molecule has 0 heterocycles. The predicted octanol–water partition coefficient (Wildman–Crippen LogP) is 3.20. The molecular weight excluding hydrogens is 516 g/mol. The number of amides is 4. The van der Waals surface area contributed by atoms with E-state index in [2.05, 4.69) is 10.6 Å². The van der Waals surface area contributed by atoms with Gasteiger partial charge in [0.1, 0.15) is 17.7 Å². The van der Waals surface area contributed by atoms with Gasteiger partial charge in [0.15, 0.2) is 0 Å². The number of rotatable bonds is 14. The average molecular weight is 563 g/mol. The third-order valence-electron chi connectivity index (χ3n) is 6.39. The molecule has 0 fully saturated rings. The first kappa shape index (κ1) is 34.4. The lowest BCUT2D eigenvalue weighted by Crippen LogP contribution is -2.55. The molecule has 3 unspecified atom stereocenters. The van der Waals surface area contributed by atoms with Crippen LogP contribution >= 0.6 is 0 Å². The van der Waals surface area contributed by atoms with Crippen molar-refractivity contribution in [2.45, 2.75) is 105 Å². The fourth-order valence-electron chi connectivity index (χ4n) is 4.07. The van der Waals surface area contributed by atoms with Gasteiger partial charge in [0.05, 0.1) is 13.0 Å². The molecule has 0 bridgehead atoms. The number of carbonyl (C=O) groups excluding carboxylic acids is 5. The van der Waals surface area contributed by atoms with Crippen LogP contribution in [-0.4, -0.2) is 65.5 Å². The van der Waals surface area contributed by atoms with E-state index in [-0.39, 0.29) is 32.4 Å². The molecule has 1 aromatic carbocycles. The molecule has 1 rings (SSSR count). The van der Waals surface area contributed by atoms with Crippen molar-refractivity contribution in [3.05, 3.63) is 34.9 Å². The Morgan fingerprint density at radius 1 is 1.05 bits per heavy atom. The van der Waals surface area contributed by atoms with Gasteiger partial charge >= 0.3 is 12.1 Å². The molecule has 0 aliphatic heterocycles. The minimum atomic E-state index is -1.18. The molecule has 40 heavy (non-hydrogen) atoms. The second-order valence-electron chi connectivity index (χ2n) is 10.7. The lowest BCUT2D eigenvalue weighted by Gasteiger charge is -2.39. The number of hydrogen-bond acceptors (Lipinski definition) is 7. The highest BCUT2D eigenvalue weighted by atomic mass is 16.6. The summed E-state index contributed by atoms with van der Waals surface area (Å²) in [6.07, 6.45) is -0.609. The summed E-state index contributed by atoms with van der Waals surface area (Å²) in [6.45, 7) is 14.5. The van der Waals surface area contributed by atoms with Gasteiger partial charge in [-0.05, 0) is 78.0 Å². The molecule has 0 saturated carbocycles. The number of primary amides is 1. The SMILES string of the molecule is CCOC(=O)CCNC(=O)C(c1cccc(C)c1C)N(C(=O)C(CCC(N)=O)NC(=O)OC(C)(C)C)C(C)CC. The zero-order valence-electron chi connectivity index (χ0n) is 25.1. The second kappa shape index (κ2) is 15.8. The maximum Gasteiger partial charge on any atom is 0.408 e. The van der Waals surface area contributed by atoms with E-state index in [0.29, 0.717) is 12.0 Å². The highest BCUT2D eigenvalue weighted by molar-refractivity contribution is 5.93. The molecule has 0 aromatic heterocycles. The zero-order chi connectivity index (χ0) is 30.6.